The van der Waals surface area contributed by atoms with E-state index in [0.717, 1.165) is 24.8 Å². The number of alkyl halides is 2. The van der Waals surface area contributed by atoms with Crippen LogP contribution in [0.4, 0.5) is 8.78 Å². The first kappa shape index (κ1) is 19.8. The van der Waals surface area contributed by atoms with Crippen molar-refractivity contribution in [1.82, 2.24) is 5.32 Å². The quantitative estimate of drug-likeness (QED) is 0.724. The highest BCUT2D eigenvalue weighted by molar-refractivity contribution is 4.83. The van der Waals surface area contributed by atoms with E-state index in [9.17, 15) is 8.78 Å². The van der Waals surface area contributed by atoms with Crippen LogP contribution in [-0.2, 0) is 0 Å². The standard InChI is InChI=1S/C8H15F2N.C7H14.C2H6/c1-2-3-7-4-5-11-6-8(7,9)10;1-6(2)7-4-3-5-7;1-2/h7,11H,2-6H2,1H3;6-7H,3-5H2,1-2H3;1-2H3. The van der Waals surface area contributed by atoms with Crippen LogP contribution >= 0.6 is 0 Å². The summed E-state index contributed by atoms with van der Waals surface area (Å²) in [6.45, 7) is 11.2. The molecule has 0 aromatic carbocycles. The molecule has 1 unspecified atom stereocenters. The molecule has 2 fully saturated rings. The van der Waals surface area contributed by atoms with E-state index < -0.39 is 5.92 Å². The van der Waals surface area contributed by atoms with Gasteiger partial charge in [0.15, 0.2) is 0 Å². The molecule has 1 aliphatic carbocycles. The molecule has 1 atom stereocenters. The highest BCUT2D eigenvalue weighted by Gasteiger charge is 2.40. The second-order valence-electron chi connectivity index (χ2n) is 6.15. The zero-order chi connectivity index (χ0) is 15.6. The maximum atomic E-state index is 13.0. The van der Waals surface area contributed by atoms with Gasteiger partial charge in [0, 0.05) is 5.92 Å². The number of rotatable bonds is 3. The van der Waals surface area contributed by atoms with E-state index in [-0.39, 0.29) is 12.5 Å². The molecule has 1 nitrogen and oxygen atoms in total. The van der Waals surface area contributed by atoms with E-state index >= 15 is 0 Å². The lowest BCUT2D eigenvalue weighted by Crippen LogP contribution is -2.45. The van der Waals surface area contributed by atoms with Crippen LogP contribution in [0.15, 0.2) is 0 Å². The van der Waals surface area contributed by atoms with E-state index in [1.807, 2.05) is 20.8 Å². The van der Waals surface area contributed by atoms with Crippen LogP contribution in [0, 0.1) is 17.8 Å². The van der Waals surface area contributed by atoms with Crippen molar-refractivity contribution in [2.45, 2.75) is 79.1 Å². The molecule has 0 spiro atoms. The summed E-state index contributed by atoms with van der Waals surface area (Å²) in [5, 5.41) is 2.71. The molecule has 0 bridgehead atoms. The van der Waals surface area contributed by atoms with Crippen LogP contribution in [0.3, 0.4) is 0 Å². The van der Waals surface area contributed by atoms with Crippen molar-refractivity contribution >= 4 is 0 Å². The van der Waals surface area contributed by atoms with Crippen molar-refractivity contribution in [3.63, 3.8) is 0 Å². The highest BCUT2D eigenvalue weighted by atomic mass is 19.3. The minimum absolute atomic E-state index is 0.127. The van der Waals surface area contributed by atoms with Gasteiger partial charge >= 0.3 is 0 Å². The lowest BCUT2D eigenvalue weighted by atomic mass is 9.78. The molecule has 2 aliphatic rings. The predicted molar refractivity (Wildman–Crippen MR) is 84.4 cm³/mol. The highest BCUT2D eigenvalue weighted by Crippen LogP contribution is 2.33. The zero-order valence-electron chi connectivity index (χ0n) is 14.1. The fraction of sp³-hybridized carbons (Fsp3) is 1.00. The number of hydrogen-bond acceptors (Lipinski definition) is 1. The Morgan fingerprint density at radius 1 is 1.15 bits per heavy atom. The Morgan fingerprint density at radius 3 is 2.05 bits per heavy atom. The lowest BCUT2D eigenvalue weighted by molar-refractivity contribution is -0.0760. The van der Waals surface area contributed by atoms with E-state index in [0.29, 0.717) is 12.8 Å². The molecule has 0 amide bonds. The van der Waals surface area contributed by atoms with E-state index in [1.165, 1.54) is 19.3 Å². The van der Waals surface area contributed by atoms with E-state index in [2.05, 4.69) is 19.2 Å². The molecule has 1 heterocycles. The summed E-state index contributed by atoms with van der Waals surface area (Å²) in [5.41, 5.74) is 0. The van der Waals surface area contributed by atoms with Gasteiger partial charge in [-0.1, -0.05) is 60.3 Å². The van der Waals surface area contributed by atoms with E-state index in [4.69, 9.17) is 0 Å². The fourth-order valence-electron chi connectivity index (χ4n) is 2.70. The van der Waals surface area contributed by atoms with Gasteiger partial charge in [0.1, 0.15) is 0 Å². The second kappa shape index (κ2) is 10.5. The largest absolute Gasteiger partial charge is 0.311 e. The second-order valence-corrected chi connectivity index (χ2v) is 6.15. The zero-order valence-corrected chi connectivity index (χ0v) is 14.1. The van der Waals surface area contributed by atoms with E-state index in [1.54, 1.807) is 0 Å². The van der Waals surface area contributed by atoms with Crippen LogP contribution in [0.25, 0.3) is 0 Å². The molecular weight excluding hydrogens is 256 g/mol. The fourth-order valence-corrected chi connectivity index (χ4v) is 2.70. The van der Waals surface area contributed by atoms with Crippen LogP contribution in [0.1, 0.15) is 73.1 Å². The summed E-state index contributed by atoms with van der Waals surface area (Å²) in [7, 11) is 0. The maximum Gasteiger partial charge on any atom is 0.263 e. The molecule has 122 valence electrons. The van der Waals surface area contributed by atoms with Gasteiger partial charge in [0.2, 0.25) is 0 Å². The summed E-state index contributed by atoms with van der Waals surface area (Å²) in [6, 6.07) is 0. The summed E-state index contributed by atoms with van der Waals surface area (Å²) in [6.07, 6.45) is 6.63. The SMILES string of the molecule is CC.CC(C)C1CCC1.CCCC1CCNCC1(F)F. The van der Waals surface area contributed by atoms with Crippen LogP contribution in [-0.4, -0.2) is 19.0 Å². The normalized spacial score (nSPS) is 24.9. The third kappa shape index (κ3) is 7.01. The summed E-state index contributed by atoms with van der Waals surface area (Å²) in [4.78, 5) is 0. The average Bonchev–Trinajstić information content (AvgIpc) is 2.32. The predicted octanol–water partition coefficient (Wildman–Crippen LogP) is 5.50. The molecule has 0 radical (unpaired) electrons. The third-order valence-electron chi connectivity index (χ3n) is 4.36. The molecule has 1 saturated heterocycles. The minimum Gasteiger partial charge on any atom is -0.311 e. The number of piperidine rings is 1. The lowest BCUT2D eigenvalue weighted by Gasteiger charge is -2.31. The summed E-state index contributed by atoms with van der Waals surface area (Å²) >= 11 is 0. The van der Waals surface area contributed by atoms with Gasteiger partial charge in [0.25, 0.3) is 5.92 Å². The van der Waals surface area contributed by atoms with Crippen molar-refractivity contribution in [3.8, 4) is 0 Å². The van der Waals surface area contributed by atoms with Gasteiger partial charge in [-0.05, 0) is 31.2 Å². The van der Waals surface area contributed by atoms with Crippen molar-refractivity contribution in [3.05, 3.63) is 0 Å². The first-order chi connectivity index (χ1) is 9.47. The monoisotopic (exact) mass is 291 g/mol. The van der Waals surface area contributed by atoms with Crippen molar-refractivity contribution < 1.29 is 8.78 Å². The topological polar surface area (TPSA) is 12.0 Å². The smallest absolute Gasteiger partial charge is 0.263 e. The number of hydrogen-bond donors (Lipinski definition) is 1. The molecule has 1 aliphatic heterocycles. The first-order valence-corrected chi connectivity index (χ1v) is 8.56. The Bertz CT molecular complexity index is 223. The van der Waals surface area contributed by atoms with Crippen molar-refractivity contribution in [2.24, 2.45) is 17.8 Å². The molecule has 3 heteroatoms. The van der Waals surface area contributed by atoms with Crippen molar-refractivity contribution in [1.29, 1.82) is 0 Å². The molecule has 1 N–H and O–H groups in total. The molecule has 0 aromatic heterocycles. The summed E-state index contributed by atoms with van der Waals surface area (Å²) in [5.74, 6) is -0.809. The Kier molecular flexibility index (Phi) is 10.4. The molecule has 20 heavy (non-hydrogen) atoms. The van der Waals surface area contributed by atoms with Gasteiger partial charge in [-0.25, -0.2) is 8.78 Å². The third-order valence-corrected chi connectivity index (χ3v) is 4.36. The Balaban J connectivity index is 0.000000345. The van der Waals surface area contributed by atoms with Gasteiger partial charge < -0.3 is 5.32 Å². The Morgan fingerprint density at radius 2 is 1.75 bits per heavy atom. The number of nitrogens with one attached hydrogen (secondary N) is 1. The molecule has 1 saturated carbocycles. The average molecular weight is 291 g/mol. The van der Waals surface area contributed by atoms with Gasteiger partial charge in [-0.2, -0.15) is 0 Å². The molecule has 0 aromatic rings. The first-order valence-electron chi connectivity index (χ1n) is 8.56. The molecule has 2 rings (SSSR count). The number of halogens is 2. The maximum absolute atomic E-state index is 13.0. The van der Waals surface area contributed by atoms with Gasteiger partial charge in [-0.15, -0.1) is 0 Å². The van der Waals surface area contributed by atoms with Gasteiger partial charge in [0.05, 0.1) is 6.54 Å². The molecular formula is C17H35F2N. The van der Waals surface area contributed by atoms with Crippen molar-refractivity contribution in [2.75, 3.05) is 13.1 Å². The Hall–Kier alpha value is -0.180. The van der Waals surface area contributed by atoms with Crippen LogP contribution in [0.5, 0.6) is 0 Å². The minimum atomic E-state index is -2.46. The van der Waals surface area contributed by atoms with Crippen LogP contribution in [0.2, 0.25) is 0 Å². The summed E-state index contributed by atoms with van der Waals surface area (Å²) < 4.78 is 26.0. The van der Waals surface area contributed by atoms with Crippen LogP contribution < -0.4 is 5.32 Å². The Labute approximate surface area is 124 Å². The van der Waals surface area contributed by atoms with Gasteiger partial charge in [-0.3, -0.25) is 0 Å².